The fourth-order valence-corrected chi connectivity index (χ4v) is 8.21. The summed E-state index contributed by atoms with van der Waals surface area (Å²) >= 11 is 0. The zero-order chi connectivity index (χ0) is 27.2. The molecule has 0 spiro atoms. The Morgan fingerprint density at radius 3 is 1.90 bits per heavy atom. The molecule has 3 saturated carbocycles. The first-order valence-electron chi connectivity index (χ1n) is 16.2. The lowest BCUT2D eigenvalue weighted by Crippen LogP contribution is -2.30. The first-order chi connectivity index (χ1) is 19.1. The van der Waals surface area contributed by atoms with Crippen LogP contribution in [0.5, 0.6) is 0 Å². The third kappa shape index (κ3) is 7.14. The molecule has 3 heteroatoms. The molecule has 0 saturated heterocycles. The van der Waals surface area contributed by atoms with Gasteiger partial charge in [0.15, 0.2) is 0 Å². The second kappa shape index (κ2) is 13.8. The van der Waals surface area contributed by atoms with E-state index >= 15 is 4.39 Å². The standard InChI is InChI=1S/C36H51FO2/c1-3-5-36(38)31-16-12-28(13-17-31)26-8-6-25(7-9-26)27-10-14-30(15-11-27)34-23-20-32(24-35(34)37)29-18-21-33(22-19-29)39-4-2/h10-11,14-15,20,23-26,28-29,31,33,36,38H,3-9,12-13,16-19,21-22H2,1-2H3. The number of ether oxygens (including phenoxy) is 1. The molecular formula is C36H51FO2. The largest absolute Gasteiger partial charge is 0.393 e. The smallest absolute Gasteiger partial charge is 0.131 e. The molecule has 2 aromatic rings. The van der Waals surface area contributed by atoms with Crippen LogP contribution in [0.1, 0.15) is 127 Å². The van der Waals surface area contributed by atoms with Crippen LogP contribution in [-0.2, 0) is 4.74 Å². The predicted molar refractivity (Wildman–Crippen MR) is 160 cm³/mol. The van der Waals surface area contributed by atoms with E-state index < -0.39 is 0 Å². The van der Waals surface area contributed by atoms with Crippen molar-refractivity contribution in [3.63, 3.8) is 0 Å². The minimum absolute atomic E-state index is 0.0769. The summed E-state index contributed by atoms with van der Waals surface area (Å²) in [6, 6.07) is 14.7. The van der Waals surface area contributed by atoms with Crippen molar-refractivity contribution in [1.82, 2.24) is 0 Å². The second-order valence-electron chi connectivity index (χ2n) is 12.9. The molecule has 0 bridgehead atoms. The molecule has 0 aromatic heterocycles. The monoisotopic (exact) mass is 534 g/mol. The van der Waals surface area contributed by atoms with E-state index in [2.05, 4.69) is 44.2 Å². The Morgan fingerprint density at radius 1 is 0.744 bits per heavy atom. The van der Waals surface area contributed by atoms with Gasteiger partial charge in [0.05, 0.1) is 12.2 Å². The lowest BCUT2D eigenvalue weighted by molar-refractivity contribution is 0.0328. The van der Waals surface area contributed by atoms with Gasteiger partial charge in [-0.3, -0.25) is 0 Å². The van der Waals surface area contributed by atoms with Gasteiger partial charge in [-0.15, -0.1) is 0 Å². The highest BCUT2D eigenvalue weighted by Gasteiger charge is 2.33. The molecule has 0 radical (unpaired) electrons. The average molecular weight is 535 g/mol. The molecule has 39 heavy (non-hydrogen) atoms. The minimum Gasteiger partial charge on any atom is -0.393 e. The van der Waals surface area contributed by atoms with Gasteiger partial charge in [-0.1, -0.05) is 49.7 Å². The third-order valence-corrected chi connectivity index (χ3v) is 10.6. The Labute approximate surface area is 236 Å². The maximum Gasteiger partial charge on any atom is 0.131 e. The quantitative estimate of drug-likeness (QED) is 0.347. The summed E-state index contributed by atoms with van der Waals surface area (Å²) in [5.41, 5.74) is 4.27. The normalized spacial score (nSPS) is 30.7. The number of rotatable bonds is 9. The summed E-state index contributed by atoms with van der Waals surface area (Å²) in [5, 5.41) is 10.4. The lowest BCUT2D eigenvalue weighted by Gasteiger charge is -2.39. The molecule has 0 aliphatic heterocycles. The Kier molecular flexibility index (Phi) is 10.2. The van der Waals surface area contributed by atoms with E-state index in [1.54, 1.807) is 6.07 Å². The van der Waals surface area contributed by atoms with Crippen LogP contribution in [0.25, 0.3) is 11.1 Å². The number of aliphatic hydroxyl groups is 1. The fraction of sp³-hybridized carbons (Fsp3) is 0.667. The van der Waals surface area contributed by atoms with Gasteiger partial charge < -0.3 is 9.84 Å². The Bertz CT molecular complexity index is 1010. The van der Waals surface area contributed by atoms with Gasteiger partial charge in [0.25, 0.3) is 0 Å². The molecule has 3 fully saturated rings. The van der Waals surface area contributed by atoms with Crippen LogP contribution in [0.2, 0.25) is 0 Å². The molecule has 214 valence electrons. The Hall–Kier alpha value is -1.71. The van der Waals surface area contributed by atoms with Gasteiger partial charge in [-0.2, -0.15) is 0 Å². The highest BCUT2D eigenvalue weighted by molar-refractivity contribution is 5.65. The summed E-state index contributed by atoms with van der Waals surface area (Å²) in [5.74, 6) is 3.26. The Morgan fingerprint density at radius 2 is 1.31 bits per heavy atom. The van der Waals surface area contributed by atoms with Crippen LogP contribution >= 0.6 is 0 Å². The van der Waals surface area contributed by atoms with Crippen molar-refractivity contribution in [2.45, 2.75) is 128 Å². The summed E-state index contributed by atoms with van der Waals surface area (Å²) in [7, 11) is 0. The van der Waals surface area contributed by atoms with E-state index in [-0.39, 0.29) is 11.9 Å². The molecule has 2 aromatic carbocycles. The van der Waals surface area contributed by atoms with Crippen molar-refractivity contribution in [2.24, 2.45) is 17.8 Å². The Balaban J connectivity index is 1.12. The van der Waals surface area contributed by atoms with Crippen LogP contribution in [-0.4, -0.2) is 23.9 Å². The van der Waals surface area contributed by atoms with Crippen molar-refractivity contribution in [3.8, 4) is 11.1 Å². The number of benzene rings is 2. The van der Waals surface area contributed by atoms with Crippen LogP contribution in [0.15, 0.2) is 42.5 Å². The molecule has 3 aliphatic rings. The third-order valence-electron chi connectivity index (χ3n) is 10.6. The summed E-state index contributed by atoms with van der Waals surface area (Å²) in [4.78, 5) is 0. The molecule has 0 amide bonds. The number of aliphatic hydroxyl groups excluding tert-OH is 1. The molecule has 2 nitrogen and oxygen atoms in total. The van der Waals surface area contributed by atoms with Crippen molar-refractivity contribution in [1.29, 1.82) is 0 Å². The number of halogens is 1. The van der Waals surface area contributed by atoms with Gasteiger partial charge in [0.2, 0.25) is 0 Å². The SMILES string of the molecule is CCCC(O)C1CCC(C2CCC(c3ccc(-c4ccc(C5CCC(OCC)CC5)cc4F)cc3)CC2)CC1. The minimum atomic E-state index is -0.0929. The maximum atomic E-state index is 15.2. The van der Waals surface area contributed by atoms with Gasteiger partial charge in [0, 0.05) is 12.2 Å². The number of hydrogen-bond acceptors (Lipinski definition) is 2. The van der Waals surface area contributed by atoms with Crippen molar-refractivity contribution in [2.75, 3.05) is 6.61 Å². The van der Waals surface area contributed by atoms with Crippen LogP contribution in [0.4, 0.5) is 4.39 Å². The zero-order valence-electron chi connectivity index (χ0n) is 24.4. The van der Waals surface area contributed by atoms with E-state index in [0.717, 1.165) is 73.7 Å². The van der Waals surface area contributed by atoms with Gasteiger partial charge in [-0.25, -0.2) is 4.39 Å². The molecule has 5 rings (SSSR count). The van der Waals surface area contributed by atoms with E-state index in [0.29, 0.717) is 23.9 Å². The summed E-state index contributed by atoms with van der Waals surface area (Å²) < 4.78 is 21.0. The topological polar surface area (TPSA) is 29.5 Å². The molecule has 1 unspecified atom stereocenters. The number of hydrogen-bond donors (Lipinski definition) is 1. The van der Waals surface area contributed by atoms with Crippen molar-refractivity contribution >= 4 is 0 Å². The molecule has 0 heterocycles. The molecule has 3 aliphatic carbocycles. The second-order valence-corrected chi connectivity index (χ2v) is 12.9. The van der Waals surface area contributed by atoms with E-state index in [1.165, 1.54) is 56.9 Å². The first kappa shape index (κ1) is 28.8. The first-order valence-corrected chi connectivity index (χ1v) is 16.2. The van der Waals surface area contributed by atoms with Crippen LogP contribution < -0.4 is 0 Å². The lowest BCUT2D eigenvalue weighted by atomic mass is 9.67. The highest BCUT2D eigenvalue weighted by Crippen LogP contribution is 2.45. The summed E-state index contributed by atoms with van der Waals surface area (Å²) in [6.07, 6.45) is 17.0. The van der Waals surface area contributed by atoms with E-state index in [9.17, 15) is 5.11 Å². The molecular weight excluding hydrogens is 483 g/mol. The average Bonchev–Trinajstić information content (AvgIpc) is 2.98. The molecule has 1 N–H and O–H groups in total. The van der Waals surface area contributed by atoms with Crippen molar-refractivity contribution < 1.29 is 14.2 Å². The van der Waals surface area contributed by atoms with Crippen molar-refractivity contribution in [3.05, 3.63) is 59.4 Å². The summed E-state index contributed by atoms with van der Waals surface area (Å²) in [6.45, 7) is 5.02. The van der Waals surface area contributed by atoms with Gasteiger partial charge in [0.1, 0.15) is 5.82 Å². The predicted octanol–water partition coefficient (Wildman–Crippen LogP) is 9.80. The zero-order valence-corrected chi connectivity index (χ0v) is 24.4. The van der Waals surface area contributed by atoms with E-state index in [4.69, 9.17) is 4.74 Å². The maximum absolute atomic E-state index is 15.2. The molecule has 1 atom stereocenters. The fourth-order valence-electron chi connectivity index (χ4n) is 8.21. The van der Waals surface area contributed by atoms with Crippen LogP contribution in [0.3, 0.4) is 0 Å². The van der Waals surface area contributed by atoms with Gasteiger partial charge >= 0.3 is 0 Å². The van der Waals surface area contributed by atoms with E-state index in [1.807, 2.05) is 6.07 Å². The highest BCUT2D eigenvalue weighted by atomic mass is 19.1. The van der Waals surface area contributed by atoms with Crippen LogP contribution in [0, 0.1) is 23.6 Å². The van der Waals surface area contributed by atoms with Gasteiger partial charge in [-0.05, 0) is 143 Å².